The Morgan fingerprint density at radius 2 is 1.93 bits per heavy atom. The van der Waals surface area contributed by atoms with E-state index in [9.17, 15) is 17.2 Å². The summed E-state index contributed by atoms with van der Waals surface area (Å²) in [5, 5.41) is 9.10. The van der Waals surface area contributed by atoms with Crippen LogP contribution < -0.4 is 4.74 Å². The number of rotatable bonds is 4. The molecule has 2 aromatic carbocycles. The van der Waals surface area contributed by atoms with Gasteiger partial charge in [0.25, 0.3) is 12.2 Å². The number of halogens is 2. The molecule has 2 aliphatic rings. The predicted octanol–water partition coefficient (Wildman–Crippen LogP) is 4.31. The second kappa shape index (κ2) is 6.74. The van der Waals surface area contributed by atoms with Gasteiger partial charge >= 0.3 is 0 Å². The van der Waals surface area contributed by atoms with Gasteiger partial charge in [-0.1, -0.05) is 0 Å². The molecular weight excluding hydrogens is 404 g/mol. The van der Waals surface area contributed by atoms with Crippen molar-refractivity contribution in [1.82, 2.24) is 0 Å². The van der Waals surface area contributed by atoms with Crippen LogP contribution in [-0.4, -0.2) is 14.7 Å². The highest BCUT2D eigenvalue weighted by Gasteiger charge is 2.48. The fourth-order valence-corrected chi connectivity index (χ4v) is 4.59. The third kappa shape index (κ3) is 3.29. The third-order valence-electron chi connectivity index (χ3n) is 4.83. The van der Waals surface area contributed by atoms with Gasteiger partial charge in [0.15, 0.2) is 9.84 Å². The van der Waals surface area contributed by atoms with Crippen molar-refractivity contribution in [3.8, 4) is 17.6 Å². The van der Waals surface area contributed by atoms with Gasteiger partial charge in [0.2, 0.25) is 0 Å². The highest BCUT2D eigenvalue weighted by molar-refractivity contribution is 7.90. The van der Waals surface area contributed by atoms with Gasteiger partial charge in [-0.3, -0.25) is 0 Å². The molecule has 6 nitrogen and oxygen atoms in total. The molecule has 1 heterocycles. The molecule has 0 fully saturated rings. The lowest BCUT2D eigenvalue weighted by molar-refractivity contribution is -0.148. The molecular formula is C20H15F2NO5S. The number of hydrogen-bond donors (Lipinski definition) is 0. The highest BCUT2D eigenvalue weighted by Crippen LogP contribution is 2.50. The Kier molecular flexibility index (Phi) is 4.46. The lowest BCUT2D eigenvalue weighted by atomic mass is 10.1. The number of fused-ring (bicyclic) bond motifs is 2. The first kappa shape index (κ1) is 19.2. The quantitative estimate of drug-likeness (QED) is 0.734. The minimum Gasteiger partial charge on any atom is -0.457 e. The van der Waals surface area contributed by atoms with Crippen LogP contribution in [0.4, 0.5) is 8.78 Å². The number of benzene rings is 2. The van der Waals surface area contributed by atoms with Crippen LogP contribution in [0.2, 0.25) is 0 Å². The van der Waals surface area contributed by atoms with Gasteiger partial charge in [0, 0.05) is 23.8 Å². The fourth-order valence-electron chi connectivity index (χ4n) is 3.63. The van der Waals surface area contributed by atoms with Gasteiger partial charge in [-0.2, -0.15) is 5.26 Å². The van der Waals surface area contributed by atoms with E-state index in [2.05, 4.69) is 0 Å². The van der Waals surface area contributed by atoms with Crippen molar-refractivity contribution in [2.45, 2.75) is 29.9 Å². The maximum absolute atomic E-state index is 13.1. The summed E-state index contributed by atoms with van der Waals surface area (Å²) in [6.07, 6.45) is 1.77. The van der Waals surface area contributed by atoms with Crippen molar-refractivity contribution in [3.63, 3.8) is 0 Å². The predicted molar refractivity (Wildman–Crippen MR) is 97.0 cm³/mol. The molecule has 0 N–H and O–H groups in total. The van der Waals surface area contributed by atoms with Gasteiger partial charge < -0.3 is 14.2 Å². The van der Waals surface area contributed by atoms with Crippen molar-refractivity contribution in [3.05, 3.63) is 65.1 Å². The van der Waals surface area contributed by atoms with Crippen molar-refractivity contribution < 1.29 is 31.4 Å². The fraction of sp³-hybridized carbons (Fsp3) is 0.250. The molecule has 0 saturated heterocycles. The Labute approximate surface area is 165 Å². The van der Waals surface area contributed by atoms with E-state index in [0.29, 0.717) is 29.7 Å². The van der Waals surface area contributed by atoms with Gasteiger partial charge in [-0.15, -0.1) is 0 Å². The summed E-state index contributed by atoms with van der Waals surface area (Å²) in [6, 6.07) is 8.26. The largest absolute Gasteiger partial charge is 0.457 e. The molecule has 1 aliphatic carbocycles. The molecule has 0 aromatic heterocycles. The second-order valence-electron chi connectivity index (χ2n) is 6.75. The van der Waals surface area contributed by atoms with Crippen molar-refractivity contribution in [2.75, 3.05) is 6.26 Å². The molecule has 2 aromatic rings. The third-order valence-corrected chi connectivity index (χ3v) is 5.97. The summed E-state index contributed by atoms with van der Waals surface area (Å²) in [5.74, 6) is -0.907. The number of sulfone groups is 1. The lowest BCUT2D eigenvalue weighted by Gasteiger charge is -2.25. The van der Waals surface area contributed by atoms with Crippen LogP contribution >= 0.6 is 0 Å². The maximum Gasteiger partial charge on any atom is 0.278 e. The summed E-state index contributed by atoms with van der Waals surface area (Å²) in [5.41, 5.74) is 0.586. The van der Waals surface area contributed by atoms with E-state index in [1.54, 1.807) is 0 Å². The molecule has 1 aliphatic heterocycles. The van der Waals surface area contributed by atoms with Gasteiger partial charge in [0.05, 0.1) is 22.1 Å². The maximum atomic E-state index is 13.1. The molecule has 0 saturated carbocycles. The van der Waals surface area contributed by atoms with E-state index in [1.165, 1.54) is 30.7 Å². The molecule has 29 heavy (non-hydrogen) atoms. The number of nitrogens with zero attached hydrogens (tertiary/aromatic N) is 1. The van der Waals surface area contributed by atoms with Gasteiger partial charge in [-0.25, -0.2) is 17.2 Å². The second-order valence-corrected chi connectivity index (χ2v) is 8.74. The molecule has 0 radical (unpaired) electrons. The Bertz CT molecular complexity index is 1160. The first-order chi connectivity index (χ1) is 13.7. The van der Waals surface area contributed by atoms with Crippen LogP contribution in [0.5, 0.6) is 11.5 Å². The van der Waals surface area contributed by atoms with E-state index < -0.39 is 22.0 Å². The molecule has 4 rings (SSSR count). The molecule has 0 amide bonds. The Morgan fingerprint density at radius 1 is 1.21 bits per heavy atom. The van der Waals surface area contributed by atoms with E-state index in [4.69, 9.17) is 19.5 Å². The molecule has 0 bridgehead atoms. The van der Waals surface area contributed by atoms with Crippen molar-refractivity contribution in [2.24, 2.45) is 0 Å². The van der Waals surface area contributed by atoms with Crippen molar-refractivity contribution in [1.29, 1.82) is 5.26 Å². The zero-order valence-electron chi connectivity index (χ0n) is 15.2. The Balaban J connectivity index is 1.83. The molecule has 0 atom stereocenters. The monoisotopic (exact) mass is 419 g/mol. The first-order valence-electron chi connectivity index (χ1n) is 8.62. The van der Waals surface area contributed by atoms with Crippen LogP contribution in [-0.2, 0) is 31.5 Å². The number of nitriles is 1. The Morgan fingerprint density at radius 3 is 2.55 bits per heavy atom. The number of hydrogen-bond acceptors (Lipinski definition) is 6. The normalized spacial score (nSPS) is 16.4. The molecule has 150 valence electrons. The highest BCUT2D eigenvalue weighted by atomic mass is 32.2. The summed E-state index contributed by atoms with van der Waals surface area (Å²) >= 11 is 0. The van der Waals surface area contributed by atoms with E-state index >= 15 is 0 Å². The van der Waals surface area contributed by atoms with Crippen molar-refractivity contribution >= 4 is 9.84 Å². The lowest BCUT2D eigenvalue weighted by Crippen LogP contribution is -2.25. The molecule has 0 unspecified atom stereocenters. The number of ether oxygens (including phenoxy) is 3. The standard InChI is InChI=1S/C20H15F2NO5S/c1-29(24,25)17-3-2-16(15-4-5-20(18(15)17)26-6-7-27-20)28-14-9-12(11-23)8-13(10-14)19(21)22/h2-3,6-10,19H,4-5H2,1H3. The van der Waals surface area contributed by atoms with Gasteiger partial charge in [0.1, 0.15) is 24.0 Å². The van der Waals surface area contributed by atoms with Crippen LogP contribution in [0.3, 0.4) is 0 Å². The average molecular weight is 419 g/mol. The van der Waals surface area contributed by atoms with E-state index in [-0.39, 0.29) is 21.8 Å². The molecule has 9 heteroatoms. The SMILES string of the molecule is CS(=O)(=O)c1ccc(Oc2cc(C#N)cc(C(F)F)c2)c2c1C1(CC2)OC=CO1. The average Bonchev–Trinajstić information content (AvgIpc) is 3.29. The zero-order valence-corrected chi connectivity index (χ0v) is 16.0. The summed E-state index contributed by atoms with van der Waals surface area (Å²) in [7, 11) is -3.60. The summed E-state index contributed by atoms with van der Waals surface area (Å²) in [4.78, 5) is 0.0556. The zero-order chi connectivity index (χ0) is 20.8. The smallest absolute Gasteiger partial charge is 0.278 e. The van der Waals surface area contributed by atoms with Gasteiger partial charge in [-0.05, 0) is 36.8 Å². The summed E-state index contributed by atoms with van der Waals surface area (Å²) in [6.45, 7) is 0. The van der Waals surface area contributed by atoms with E-state index in [1.807, 2.05) is 6.07 Å². The topological polar surface area (TPSA) is 85.6 Å². The number of alkyl halides is 2. The Hall–Kier alpha value is -3.12. The minimum atomic E-state index is -3.60. The van der Waals surface area contributed by atoms with E-state index in [0.717, 1.165) is 18.4 Å². The minimum absolute atomic E-state index is 0.0327. The first-order valence-corrected chi connectivity index (χ1v) is 10.5. The van der Waals surface area contributed by atoms with Crippen LogP contribution in [0.25, 0.3) is 0 Å². The van der Waals surface area contributed by atoms with Crippen LogP contribution in [0.15, 0.2) is 47.8 Å². The molecule has 1 spiro atoms. The summed E-state index contributed by atoms with van der Waals surface area (Å²) < 4.78 is 67.9. The van der Waals surface area contributed by atoms with Crippen LogP contribution in [0, 0.1) is 11.3 Å². The van der Waals surface area contributed by atoms with Crippen LogP contribution in [0.1, 0.15) is 35.1 Å².